The lowest BCUT2D eigenvalue weighted by atomic mass is 9.87. The Morgan fingerprint density at radius 1 is 1.25 bits per heavy atom. The van der Waals surface area contributed by atoms with Crippen LogP contribution in [0.2, 0.25) is 0 Å². The zero-order valence-corrected chi connectivity index (χ0v) is 11.0. The molecule has 0 bridgehead atoms. The first-order valence-electron chi connectivity index (χ1n) is 6.37. The average Bonchev–Trinajstić information content (AvgIpc) is 2.43. The van der Waals surface area contributed by atoms with Gasteiger partial charge in [0.15, 0.2) is 0 Å². The van der Waals surface area contributed by atoms with Gasteiger partial charge in [0.05, 0.1) is 19.3 Å². The second-order valence-electron chi connectivity index (χ2n) is 6.60. The van der Waals surface area contributed by atoms with Crippen LogP contribution in [0.15, 0.2) is 0 Å². The van der Waals surface area contributed by atoms with E-state index in [-0.39, 0.29) is 17.1 Å². The van der Waals surface area contributed by atoms with Gasteiger partial charge in [-0.1, -0.05) is 13.8 Å². The Morgan fingerprint density at radius 2 is 1.94 bits per heavy atom. The molecule has 1 saturated heterocycles. The topological polar surface area (TPSA) is 32.7 Å². The van der Waals surface area contributed by atoms with E-state index in [0.717, 1.165) is 32.6 Å². The summed E-state index contributed by atoms with van der Waals surface area (Å²) in [4.78, 5) is 2.45. The van der Waals surface area contributed by atoms with E-state index in [1.165, 1.54) is 0 Å². The smallest absolute Gasteiger partial charge is 0.0746 e. The molecule has 0 aromatic rings. The van der Waals surface area contributed by atoms with Gasteiger partial charge in [0, 0.05) is 18.1 Å². The Kier molecular flexibility index (Phi) is 3.06. The first-order chi connectivity index (χ1) is 7.34. The van der Waals surface area contributed by atoms with E-state index in [2.05, 4.69) is 32.6 Å². The molecule has 1 aliphatic heterocycles. The second kappa shape index (κ2) is 3.97. The van der Waals surface area contributed by atoms with Crippen LogP contribution in [0.4, 0.5) is 0 Å². The van der Waals surface area contributed by atoms with E-state index in [1.54, 1.807) is 0 Å². The Bertz CT molecular complexity index is 263. The fraction of sp³-hybridized carbons (Fsp3) is 1.00. The summed E-state index contributed by atoms with van der Waals surface area (Å²) in [6.07, 6.45) is 2.02. The van der Waals surface area contributed by atoms with Crippen LogP contribution in [0.3, 0.4) is 0 Å². The first kappa shape index (κ1) is 12.3. The molecule has 16 heavy (non-hydrogen) atoms. The molecule has 0 radical (unpaired) electrons. The third-order valence-electron chi connectivity index (χ3n) is 4.36. The van der Waals surface area contributed by atoms with Crippen LogP contribution in [0.1, 0.15) is 40.5 Å². The van der Waals surface area contributed by atoms with Gasteiger partial charge in [0.1, 0.15) is 0 Å². The monoisotopic (exact) mass is 227 g/mol. The molecule has 3 nitrogen and oxygen atoms in total. The van der Waals surface area contributed by atoms with Gasteiger partial charge in [0.2, 0.25) is 0 Å². The van der Waals surface area contributed by atoms with Crippen LogP contribution < -0.4 is 0 Å². The Morgan fingerprint density at radius 3 is 2.44 bits per heavy atom. The predicted molar refractivity (Wildman–Crippen MR) is 64.4 cm³/mol. The molecule has 2 unspecified atom stereocenters. The summed E-state index contributed by atoms with van der Waals surface area (Å²) in [5, 5.41) is 10.4. The third kappa shape index (κ3) is 2.01. The zero-order chi connectivity index (χ0) is 12.0. The lowest BCUT2D eigenvalue weighted by Crippen LogP contribution is -2.59. The summed E-state index contributed by atoms with van der Waals surface area (Å²) >= 11 is 0. The fourth-order valence-electron chi connectivity index (χ4n) is 3.16. The highest BCUT2D eigenvalue weighted by atomic mass is 16.5. The number of ether oxygens (including phenoxy) is 1. The van der Waals surface area contributed by atoms with E-state index in [1.807, 2.05) is 0 Å². The minimum atomic E-state index is -0.204. The maximum absolute atomic E-state index is 10.4. The lowest BCUT2D eigenvalue weighted by molar-refractivity contribution is -0.0987. The van der Waals surface area contributed by atoms with Crippen molar-refractivity contribution in [2.24, 2.45) is 5.41 Å². The maximum Gasteiger partial charge on any atom is 0.0746 e. The molecule has 0 spiro atoms. The molecule has 0 aromatic carbocycles. The van der Waals surface area contributed by atoms with Crippen molar-refractivity contribution in [3.8, 4) is 0 Å². The first-order valence-corrected chi connectivity index (χ1v) is 6.37. The number of hydrogen-bond acceptors (Lipinski definition) is 3. The molecule has 2 rings (SSSR count). The highest BCUT2D eigenvalue weighted by molar-refractivity contribution is 5.00. The normalized spacial score (nSPS) is 38.8. The number of morpholine rings is 1. The molecular weight excluding hydrogens is 202 g/mol. The van der Waals surface area contributed by atoms with Crippen LogP contribution in [0.5, 0.6) is 0 Å². The van der Waals surface area contributed by atoms with Crippen LogP contribution in [-0.4, -0.2) is 47.4 Å². The molecule has 2 aliphatic rings. The van der Waals surface area contributed by atoms with Gasteiger partial charge in [-0.05, 0) is 32.1 Å². The molecule has 1 N–H and O–H groups in total. The summed E-state index contributed by atoms with van der Waals surface area (Å²) in [6.45, 7) is 11.3. The summed E-state index contributed by atoms with van der Waals surface area (Å²) < 4.78 is 5.54. The van der Waals surface area contributed by atoms with Gasteiger partial charge in [-0.3, -0.25) is 4.90 Å². The SMILES string of the molecule is CC1(C)CCC(N2CCOCC2(C)C)C1O. The van der Waals surface area contributed by atoms with Gasteiger partial charge in [-0.25, -0.2) is 0 Å². The van der Waals surface area contributed by atoms with E-state index in [0.29, 0.717) is 6.04 Å². The van der Waals surface area contributed by atoms with Gasteiger partial charge in [-0.15, -0.1) is 0 Å². The maximum atomic E-state index is 10.4. The van der Waals surface area contributed by atoms with Crippen molar-refractivity contribution in [1.82, 2.24) is 4.90 Å². The summed E-state index contributed by atoms with van der Waals surface area (Å²) in [6, 6.07) is 0.314. The molecule has 2 fully saturated rings. The Balaban J connectivity index is 2.13. The van der Waals surface area contributed by atoms with Gasteiger partial charge >= 0.3 is 0 Å². The molecule has 2 atom stereocenters. The number of aliphatic hydroxyl groups is 1. The molecular formula is C13H25NO2. The van der Waals surface area contributed by atoms with Crippen LogP contribution in [-0.2, 0) is 4.74 Å². The zero-order valence-electron chi connectivity index (χ0n) is 11.0. The Labute approximate surface area is 98.8 Å². The molecule has 0 amide bonds. The number of rotatable bonds is 1. The minimum Gasteiger partial charge on any atom is -0.391 e. The van der Waals surface area contributed by atoms with Crippen LogP contribution in [0.25, 0.3) is 0 Å². The van der Waals surface area contributed by atoms with E-state index in [9.17, 15) is 5.11 Å². The van der Waals surface area contributed by atoms with Crippen LogP contribution in [0, 0.1) is 5.41 Å². The highest BCUT2D eigenvalue weighted by Crippen LogP contribution is 2.42. The standard InChI is InChI=1S/C13H25NO2/c1-12(2)6-5-10(11(12)15)14-7-8-16-9-13(14,3)4/h10-11,15H,5-9H2,1-4H3. The molecule has 3 heteroatoms. The number of aliphatic hydroxyl groups excluding tert-OH is 1. The third-order valence-corrected chi connectivity index (χ3v) is 4.36. The van der Waals surface area contributed by atoms with Crippen molar-refractivity contribution in [2.45, 2.75) is 58.2 Å². The van der Waals surface area contributed by atoms with E-state index < -0.39 is 0 Å². The number of nitrogens with zero attached hydrogens (tertiary/aromatic N) is 1. The fourth-order valence-corrected chi connectivity index (χ4v) is 3.16. The van der Waals surface area contributed by atoms with Crippen molar-refractivity contribution < 1.29 is 9.84 Å². The molecule has 0 aromatic heterocycles. The predicted octanol–water partition coefficient (Wildman–Crippen LogP) is 1.65. The van der Waals surface area contributed by atoms with Crippen molar-refractivity contribution in [2.75, 3.05) is 19.8 Å². The molecule has 1 heterocycles. The lowest BCUT2D eigenvalue weighted by Gasteiger charge is -2.47. The van der Waals surface area contributed by atoms with E-state index in [4.69, 9.17) is 4.74 Å². The van der Waals surface area contributed by atoms with Crippen molar-refractivity contribution in [3.05, 3.63) is 0 Å². The quantitative estimate of drug-likeness (QED) is 0.739. The second-order valence-corrected chi connectivity index (χ2v) is 6.60. The van der Waals surface area contributed by atoms with Crippen molar-refractivity contribution >= 4 is 0 Å². The van der Waals surface area contributed by atoms with E-state index >= 15 is 0 Å². The summed E-state index contributed by atoms with van der Waals surface area (Å²) in [7, 11) is 0. The van der Waals surface area contributed by atoms with Crippen molar-refractivity contribution in [3.63, 3.8) is 0 Å². The molecule has 1 saturated carbocycles. The van der Waals surface area contributed by atoms with Crippen LogP contribution >= 0.6 is 0 Å². The highest BCUT2D eigenvalue weighted by Gasteiger charge is 2.47. The summed E-state index contributed by atoms with van der Waals surface area (Å²) in [5.74, 6) is 0. The molecule has 1 aliphatic carbocycles. The summed E-state index contributed by atoms with van der Waals surface area (Å²) in [5.41, 5.74) is 0.128. The average molecular weight is 227 g/mol. The van der Waals surface area contributed by atoms with Gasteiger partial charge in [-0.2, -0.15) is 0 Å². The van der Waals surface area contributed by atoms with Gasteiger partial charge < -0.3 is 9.84 Å². The minimum absolute atomic E-state index is 0.0598. The number of hydrogen-bond donors (Lipinski definition) is 1. The molecule has 94 valence electrons. The van der Waals surface area contributed by atoms with Crippen molar-refractivity contribution in [1.29, 1.82) is 0 Å². The van der Waals surface area contributed by atoms with Gasteiger partial charge in [0.25, 0.3) is 0 Å². The largest absolute Gasteiger partial charge is 0.391 e. The Hall–Kier alpha value is -0.120.